The molecule has 0 radical (unpaired) electrons. The van der Waals surface area contributed by atoms with Crippen molar-refractivity contribution in [3.05, 3.63) is 36.3 Å². The van der Waals surface area contributed by atoms with Crippen LogP contribution >= 0.6 is 0 Å². The van der Waals surface area contributed by atoms with Gasteiger partial charge in [-0.05, 0) is 38.8 Å². The molecule has 1 saturated heterocycles. The molecule has 1 atom stereocenters. The van der Waals surface area contributed by atoms with Gasteiger partial charge in [-0.1, -0.05) is 6.42 Å². The molecule has 1 aliphatic carbocycles. The fourth-order valence-electron chi connectivity index (χ4n) is 6.86. The van der Waals surface area contributed by atoms with Gasteiger partial charge in [-0.25, -0.2) is 24.9 Å². The smallest absolute Gasteiger partial charge is 0.433 e. The topological polar surface area (TPSA) is 146 Å². The van der Waals surface area contributed by atoms with Gasteiger partial charge in [0, 0.05) is 70.0 Å². The van der Waals surface area contributed by atoms with E-state index in [4.69, 9.17) is 24.5 Å². The number of fused-ring (bicyclic) bond motifs is 1. The van der Waals surface area contributed by atoms with Crippen molar-refractivity contribution in [2.45, 2.75) is 51.7 Å². The molecule has 0 unspecified atom stereocenters. The van der Waals surface area contributed by atoms with Gasteiger partial charge in [0.25, 0.3) is 0 Å². The number of methoxy groups -OCH3 is 1. The van der Waals surface area contributed by atoms with Crippen molar-refractivity contribution in [1.29, 1.82) is 0 Å². The summed E-state index contributed by atoms with van der Waals surface area (Å²) in [6.07, 6.45) is 1.86. The van der Waals surface area contributed by atoms with Gasteiger partial charge in [0.15, 0.2) is 11.5 Å². The molecule has 0 amide bonds. The molecule has 5 heterocycles. The highest BCUT2D eigenvalue weighted by Gasteiger charge is 2.39. The number of alkyl halides is 3. The molecule has 4 aromatic rings. The van der Waals surface area contributed by atoms with Crippen molar-refractivity contribution in [2.75, 3.05) is 69.9 Å². The fourth-order valence-corrected chi connectivity index (χ4v) is 6.86. The number of nitrogens with zero attached hydrogens (tertiary/aromatic N) is 8. The first-order valence-corrected chi connectivity index (χ1v) is 16.7. The van der Waals surface area contributed by atoms with E-state index in [0.717, 1.165) is 25.3 Å². The second kappa shape index (κ2) is 14.3. The van der Waals surface area contributed by atoms with E-state index in [-0.39, 0.29) is 35.9 Å². The molecule has 4 aromatic heterocycles. The summed E-state index contributed by atoms with van der Waals surface area (Å²) in [7, 11) is 3.64. The maximum Gasteiger partial charge on any atom is 0.433 e. The van der Waals surface area contributed by atoms with Crippen LogP contribution in [0, 0.1) is 5.41 Å². The Labute approximate surface area is 287 Å². The van der Waals surface area contributed by atoms with E-state index < -0.39 is 17.8 Å². The van der Waals surface area contributed by atoms with Crippen molar-refractivity contribution in [3.8, 4) is 28.7 Å². The average Bonchev–Trinajstić information content (AvgIpc) is 3.50. The minimum Gasteiger partial charge on any atom is -0.481 e. The number of piperazine rings is 1. The number of ether oxygens (including phenoxy) is 2. The van der Waals surface area contributed by atoms with Gasteiger partial charge in [-0.2, -0.15) is 13.2 Å². The number of hydrogen-bond acceptors (Lipinski definition) is 11. The number of nitrogens with one attached hydrogen (secondary N) is 1. The van der Waals surface area contributed by atoms with Gasteiger partial charge in [0.1, 0.15) is 22.7 Å². The lowest BCUT2D eigenvalue weighted by Gasteiger charge is -2.44. The van der Waals surface area contributed by atoms with Crippen LogP contribution in [0.4, 0.5) is 24.7 Å². The Balaban J connectivity index is 1.34. The zero-order valence-electron chi connectivity index (χ0n) is 28.6. The van der Waals surface area contributed by atoms with E-state index in [2.05, 4.69) is 41.6 Å². The standard InChI is InChI=1S/C34H42F3N9O4/c1-5-50-28-14-22(13-26(41-28)34(35,36)37)23-15-25(44(3)19-33(20-49-4)8-6-9-33)30-32(40-23)43-31(42-30)24-16-39-27(17-38-24)46-12-11-45(21(2)18-46)10-7-29(47)48/h13-17,21H,5-12,18-20H2,1-4H3,(H,47,48)(H,40,42,43)/t21-/m1/s1. The highest BCUT2D eigenvalue weighted by Crippen LogP contribution is 2.43. The summed E-state index contributed by atoms with van der Waals surface area (Å²) < 4.78 is 52.6. The van der Waals surface area contributed by atoms with E-state index in [1.54, 1.807) is 32.5 Å². The molecule has 2 fully saturated rings. The number of H-pyrrole nitrogens is 1. The van der Waals surface area contributed by atoms with Gasteiger partial charge in [0.2, 0.25) is 5.88 Å². The molecule has 1 saturated carbocycles. The Morgan fingerprint density at radius 3 is 2.54 bits per heavy atom. The van der Waals surface area contributed by atoms with E-state index in [9.17, 15) is 18.0 Å². The zero-order valence-corrected chi connectivity index (χ0v) is 28.6. The lowest BCUT2D eigenvalue weighted by atomic mass is 9.69. The third-order valence-electron chi connectivity index (χ3n) is 9.55. The number of pyridine rings is 2. The van der Waals surface area contributed by atoms with Gasteiger partial charge in [0.05, 0.1) is 43.4 Å². The zero-order chi connectivity index (χ0) is 35.6. The van der Waals surface area contributed by atoms with E-state index in [0.29, 0.717) is 79.2 Å². The summed E-state index contributed by atoms with van der Waals surface area (Å²) in [5.41, 5.74) is 1.51. The van der Waals surface area contributed by atoms with E-state index in [1.807, 2.05) is 7.05 Å². The van der Waals surface area contributed by atoms with Crippen LogP contribution in [0.2, 0.25) is 0 Å². The lowest BCUT2D eigenvalue weighted by Crippen LogP contribution is -2.52. The van der Waals surface area contributed by atoms with Crippen LogP contribution in [-0.4, -0.2) is 112 Å². The number of aliphatic carboxylic acids is 1. The molecular formula is C34H42F3N9O4. The summed E-state index contributed by atoms with van der Waals surface area (Å²) >= 11 is 0. The first-order chi connectivity index (χ1) is 23.9. The summed E-state index contributed by atoms with van der Waals surface area (Å²) in [5.74, 6) is 0.162. The number of anilines is 2. The van der Waals surface area contributed by atoms with Crippen LogP contribution < -0.4 is 14.5 Å². The summed E-state index contributed by atoms with van der Waals surface area (Å²) in [6.45, 7) is 7.75. The van der Waals surface area contributed by atoms with Crippen LogP contribution in [-0.2, 0) is 15.7 Å². The number of rotatable bonds is 13. The first-order valence-electron chi connectivity index (χ1n) is 16.7. The number of halogens is 3. The van der Waals surface area contributed by atoms with Crippen LogP contribution in [0.5, 0.6) is 5.88 Å². The first kappa shape index (κ1) is 35.3. The molecule has 0 bridgehead atoms. The summed E-state index contributed by atoms with van der Waals surface area (Å²) in [5, 5.41) is 9.06. The van der Waals surface area contributed by atoms with Gasteiger partial charge in [-0.15, -0.1) is 0 Å². The maximum atomic E-state index is 13.9. The molecule has 16 heteroatoms. The van der Waals surface area contributed by atoms with Gasteiger partial charge >= 0.3 is 12.1 Å². The Kier molecular flexibility index (Phi) is 10.1. The third-order valence-corrected chi connectivity index (χ3v) is 9.55. The molecule has 6 rings (SSSR count). The molecule has 50 heavy (non-hydrogen) atoms. The molecule has 0 spiro atoms. The highest BCUT2D eigenvalue weighted by molar-refractivity contribution is 5.91. The number of carboxylic acids is 1. The predicted octanol–water partition coefficient (Wildman–Crippen LogP) is 5.13. The van der Waals surface area contributed by atoms with E-state index >= 15 is 0 Å². The molecule has 268 valence electrons. The normalized spacial score (nSPS) is 17.9. The Hall–Kier alpha value is -4.57. The van der Waals surface area contributed by atoms with Gasteiger partial charge in [-0.3, -0.25) is 9.69 Å². The molecule has 0 aromatic carbocycles. The SMILES string of the molecule is CCOc1cc(-c2cc(N(C)CC3(COC)CCC3)c3[nH]c(-c4cnc(N5CCN(CCC(=O)O)[C@H](C)C5)cn4)nc3n2)cc(C(F)(F)F)n1. The largest absolute Gasteiger partial charge is 0.481 e. The van der Waals surface area contributed by atoms with Gasteiger partial charge < -0.3 is 29.4 Å². The lowest BCUT2D eigenvalue weighted by molar-refractivity contribution is -0.141. The van der Waals surface area contributed by atoms with Crippen molar-refractivity contribution in [3.63, 3.8) is 0 Å². The Bertz CT molecular complexity index is 1810. The molecule has 13 nitrogen and oxygen atoms in total. The summed E-state index contributed by atoms with van der Waals surface area (Å²) in [4.78, 5) is 43.2. The van der Waals surface area contributed by atoms with Crippen molar-refractivity contribution < 1.29 is 32.5 Å². The Morgan fingerprint density at radius 2 is 1.92 bits per heavy atom. The predicted molar refractivity (Wildman–Crippen MR) is 181 cm³/mol. The second-order valence-corrected chi connectivity index (χ2v) is 13.2. The minimum atomic E-state index is -4.68. The fraction of sp³-hybridized carbons (Fsp3) is 0.529. The van der Waals surface area contributed by atoms with Crippen LogP contribution in [0.3, 0.4) is 0 Å². The second-order valence-electron chi connectivity index (χ2n) is 13.2. The maximum absolute atomic E-state index is 13.9. The number of imidazole rings is 1. The third kappa shape index (κ3) is 7.60. The number of aromatic nitrogens is 6. The van der Waals surface area contributed by atoms with Crippen molar-refractivity contribution >= 4 is 28.6 Å². The molecular weight excluding hydrogens is 655 g/mol. The van der Waals surface area contributed by atoms with Crippen LogP contribution in [0.15, 0.2) is 30.6 Å². The number of aromatic amines is 1. The minimum absolute atomic E-state index is 0.0368. The number of hydrogen-bond donors (Lipinski definition) is 2. The van der Waals surface area contributed by atoms with Crippen LogP contribution in [0.25, 0.3) is 33.9 Å². The number of carboxylic acid groups (broad SMARTS) is 1. The summed E-state index contributed by atoms with van der Waals surface area (Å²) in [6, 6.07) is 4.35. The number of carbonyl (C=O) groups is 1. The molecule has 2 N–H and O–H groups in total. The highest BCUT2D eigenvalue weighted by atomic mass is 19.4. The van der Waals surface area contributed by atoms with E-state index in [1.165, 1.54) is 6.07 Å². The Morgan fingerprint density at radius 1 is 1.12 bits per heavy atom. The molecule has 1 aliphatic heterocycles. The molecule has 2 aliphatic rings. The monoisotopic (exact) mass is 697 g/mol. The van der Waals surface area contributed by atoms with Crippen molar-refractivity contribution in [1.82, 2.24) is 34.8 Å². The quantitative estimate of drug-likeness (QED) is 0.191. The van der Waals surface area contributed by atoms with Crippen molar-refractivity contribution in [2.24, 2.45) is 5.41 Å². The van der Waals surface area contributed by atoms with Crippen LogP contribution in [0.1, 0.15) is 45.2 Å². The average molecular weight is 698 g/mol.